The third kappa shape index (κ3) is 4.35. The maximum Gasteiger partial charge on any atom is 0.0685 e. The van der Waals surface area contributed by atoms with Crippen LogP contribution in [0.3, 0.4) is 0 Å². The zero-order chi connectivity index (χ0) is 13.6. The van der Waals surface area contributed by atoms with Crippen LogP contribution in [-0.2, 0) is 4.74 Å². The summed E-state index contributed by atoms with van der Waals surface area (Å²) in [5, 5.41) is 0. The largest absolute Gasteiger partial charge is 0.375 e. The van der Waals surface area contributed by atoms with Crippen molar-refractivity contribution in [3.63, 3.8) is 0 Å². The van der Waals surface area contributed by atoms with E-state index in [9.17, 15) is 0 Å². The zero-order valence-electron chi connectivity index (χ0n) is 12.3. The van der Waals surface area contributed by atoms with E-state index in [-0.39, 0.29) is 5.60 Å². The van der Waals surface area contributed by atoms with Crippen molar-refractivity contribution < 1.29 is 4.74 Å². The molecule has 4 heteroatoms. The van der Waals surface area contributed by atoms with E-state index in [1.165, 1.54) is 57.1 Å². The Labute approximate surface area is 122 Å². The summed E-state index contributed by atoms with van der Waals surface area (Å²) < 4.78 is 6.18. The molecule has 1 heterocycles. The second-order valence-electron chi connectivity index (χ2n) is 6.19. The van der Waals surface area contributed by atoms with Crippen LogP contribution in [-0.4, -0.2) is 29.8 Å². The Balaban J connectivity index is 1.87. The summed E-state index contributed by atoms with van der Waals surface area (Å²) in [6.07, 6.45) is 10.3. The highest BCUT2D eigenvalue weighted by Gasteiger charge is 2.40. The maximum atomic E-state index is 6.18. The Kier molecular flexibility index (Phi) is 6.46. The molecule has 3 N–H and O–H groups in total. The van der Waals surface area contributed by atoms with Crippen LogP contribution >= 0.6 is 11.8 Å². The minimum atomic E-state index is 0.200. The topological polar surface area (TPSA) is 47.3 Å². The molecule has 19 heavy (non-hydrogen) atoms. The second kappa shape index (κ2) is 7.87. The molecule has 0 aromatic carbocycles. The van der Waals surface area contributed by atoms with Crippen LogP contribution in [0.15, 0.2) is 0 Å². The molecule has 1 aliphatic heterocycles. The normalized spacial score (nSPS) is 28.4. The fourth-order valence-corrected chi connectivity index (χ4v) is 4.71. The third-order valence-corrected chi connectivity index (χ3v) is 6.02. The Morgan fingerprint density at radius 1 is 1.37 bits per heavy atom. The lowest BCUT2D eigenvalue weighted by molar-refractivity contribution is -0.120. The molecule has 3 nitrogen and oxygen atoms in total. The number of hydrogen-bond acceptors (Lipinski definition) is 4. The number of rotatable bonds is 6. The molecule has 1 saturated heterocycles. The van der Waals surface area contributed by atoms with Gasteiger partial charge < -0.3 is 4.74 Å². The lowest BCUT2D eigenvalue weighted by Gasteiger charge is -2.45. The van der Waals surface area contributed by atoms with Gasteiger partial charge in [-0.1, -0.05) is 26.2 Å². The van der Waals surface area contributed by atoms with Gasteiger partial charge in [0, 0.05) is 18.4 Å². The molecule has 1 saturated carbocycles. The quantitative estimate of drug-likeness (QED) is 0.447. The molecule has 1 aliphatic carbocycles. The summed E-state index contributed by atoms with van der Waals surface area (Å²) in [5.41, 5.74) is 3.28. The van der Waals surface area contributed by atoms with E-state index >= 15 is 0 Å². The van der Waals surface area contributed by atoms with Crippen molar-refractivity contribution in [3.8, 4) is 0 Å². The van der Waals surface area contributed by atoms with E-state index < -0.39 is 0 Å². The molecular weight excluding hydrogens is 256 g/mol. The molecule has 0 bridgehead atoms. The first-order chi connectivity index (χ1) is 9.29. The first-order valence-corrected chi connectivity index (χ1v) is 9.13. The number of nitrogens with one attached hydrogen (secondary N) is 1. The van der Waals surface area contributed by atoms with Gasteiger partial charge in [-0.15, -0.1) is 0 Å². The van der Waals surface area contributed by atoms with Crippen LogP contribution in [0.1, 0.15) is 58.3 Å². The van der Waals surface area contributed by atoms with Crippen molar-refractivity contribution in [2.24, 2.45) is 11.8 Å². The predicted molar refractivity (Wildman–Crippen MR) is 83.2 cm³/mol. The van der Waals surface area contributed by atoms with Gasteiger partial charge in [0.05, 0.1) is 5.60 Å². The predicted octanol–water partition coefficient (Wildman–Crippen LogP) is 3.09. The molecule has 0 aromatic heterocycles. The molecule has 2 fully saturated rings. The number of hydrogen-bond donors (Lipinski definition) is 2. The minimum absolute atomic E-state index is 0.200. The van der Waals surface area contributed by atoms with Crippen molar-refractivity contribution in [3.05, 3.63) is 0 Å². The van der Waals surface area contributed by atoms with Crippen LogP contribution in [0.4, 0.5) is 0 Å². The molecule has 2 rings (SSSR count). The monoisotopic (exact) mass is 286 g/mol. The van der Waals surface area contributed by atoms with E-state index in [2.05, 4.69) is 12.3 Å². The lowest BCUT2D eigenvalue weighted by Crippen LogP contribution is -2.50. The minimum Gasteiger partial charge on any atom is -0.375 e. The highest BCUT2D eigenvalue weighted by Crippen LogP contribution is 2.41. The molecule has 112 valence electrons. The second-order valence-corrected chi connectivity index (χ2v) is 7.34. The summed E-state index contributed by atoms with van der Waals surface area (Å²) in [7, 11) is 0. The van der Waals surface area contributed by atoms with Gasteiger partial charge in [-0.2, -0.15) is 11.8 Å². The van der Waals surface area contributed by atoms with Crippen LogP contribution in [0.2, 0.25) is 0 Å². The summed E-state index contributed by atoms with van der Waals surface area (Å²) in [6, 6.07) is 0.458. The Morgan fingerprint density at radius 3 is 2.84 bits per heavy atom. The van der Waals surface area contributed by atoms with E-state index in [0.29, 0.717) is 12.0 Å². The number of hydrazine groups is 1. The van der Waals surface area contributed by atoms with Gasteiger partial charge in [0.2, 0.25) is 0 Å². The summed E-state index contributed by atoms with van der Waals surface area (Å²) in [6.45, 7) is 3.17. The summed E-state index contributed by atoms with van der Waals surface area (Å²) in [4.78, 5) is 0. The van der Waals surface area contributed by atoms with Crippen molar-refractivity contribution in [1.29, 1.82) is 0 Å². The van der Waals surface area contributed by atoms with Crippen LogP contribution in [0.5, 0.6) is 0 Å². The SMILES string of the molecule is CCCSCC(NN)C1CCOC2(CCCCC2)C1. The number of thioether (sulfide) groups is 1. The fourth-order valence-electron chi connectivity index (χ4n) is 3.63. The number of nitrogens with two attached hydrogens (primary N) is 1. The van der Waals surface area contributed by atoms with Gasteiger partial charge >= 0.3 is 0 Å². The summed E-state index contributed by atoms with van der Waals surface area (Å²) >= 11 is 2.03. The Hall–Kier alpha value is 0.230. The van der Waals surface area contributed by atoms with Gasteiger partial charge in [0.25, 0.3) is 0 Å². The first kappa shape index (κ1) is 15.6. The molecule has 0 aromatic rings. The van der Waals surface area contributed by atoms with Gasteiger partial charge in [-0.25, -0.2) is 0 Å². The van der Waals surface area contributed by atoms with Crippen LogP contribution in [0.25, 0.3) is 0 Å². The Morgan fingerprint density at radius 2 is 2.16 bits per heavy atom. The van der Waals surface area contributed by atoms with E-state index in [0.717, 1.165) is 12.4 Å². The van der Waals surface area contributed by atoms with Gasteiger partial charge in [0.1, 0.15) is 0 Å². The maximum absolute atomic E-state index is 6.18. The smallest absolute Gasteiger partial charge is 0.0685 e. The zero-order valence-corrected chi connectivity index (χ0v) is 13.1. The highest BCUT2D eigenvalue weighted by molar-refractivity contribution is 7.99. The molecule has 2 aliphatic rings. The van der Waals surface area contributed by atoms with Gasteiger partial charge in [0.15, 0.2) is 0 Å². The average Bonchev–Trinajstić information content (AvgIpc) is 2.44. The molecule has 1 spiro atoms. The molecule has 0 radical (unpaired) electrons. The third-order valence-electron chi connectivity index (χ3n) is 4.72. The lowest BCUT2D eigenvalue weighted by atomic mass is 9.74. The highest BCUT2D eigenvalue weighted by atomic mass is 32.2. The summed E-state index contributed by atoms with van der Waals surface area (Å²) in [5.74, 6) is 8.88. The molecule has 2 unspecified atom stereocenters. The van der Waals surface area contributed by atoms with Crippen molar-refractivity contribution in [1.82, 2.24) is 5.43 Å². The molecule has 2 atom stereocenters. The van der Waals surface area contributed by atoms with E-state index in [4.69, 9.17) is 10.6 Å². The van der Waals surface area contributed by atoms with Crippen LogP contribution in [0, 0.1) is 5.92 Å². The molecular formula is C15H30N2OS. The van der Waals surface area contributed by atoms with Gasteiger partial charge in [-0.05, 0) is 43.8 Å². The van der Waals surface area contributed by atoms with Crippen molar-refractivity contribution >= 4 is 11.8 Å². The standard InChI is InChI=1S/C15H30N2OS/c1-2-10-19-12-14(17-16)13-6-9-18-15(11-13)7-4-3-5-8-15/h13-14,17H,2-12,16H2,1H3. The molecule has 0 amide bonds. The first-order valence-electron chi connectivity index (χ1n) is 7.97. The average molecular weight is 286 g/mol. The van der Waals surface area contributed by atoms with E-state index in [1.807, 2.05) is 11.8 Å². The Bertz CT molecular complexity index is 251. The number of ether oxygens (including phenoxy) is 1. The van der Waals surface area contributed by atoms with Crippen molar-refractivity contribution in [2.45, 2.75) is 69.9 Å². The fraction of sp³-hybridized carbons (Fsp3) is 1.00. The van der Waals surface area contributed by atoms with Crippen molar-refractivity contribution in [2.75, 3.05) is 18.1 Å². The van der Waals surface area contributed by atoms with E-state index in [1.54, 1.807) is 0 Å². The van der Waals surface area contributed by atoms with Crippen LogP contribution < -0.4 is 11.3 Å². The van der Waals surface area contributed by atoms with Gasteiger partial charge in [-0.3, -0.25) is 11.3 Å².